The number of thioether (sulfide) groups is 1. The number of phenolic OH excluding ortho intramolecular Hbond substituents is 1. The van der Waals surface area contributed by atoms with Crippen LogP contribution in [0, 0.1) is 0 Å². The quantitative estimate of drug-likeness (QED) is 0.726. The highest BCUT2D eigenvalue weighted by Gasteiger charge is 2.07. The summed E-state index contributed by atoms with van der Waals surface area (Å²) in [5.74, 6) is 0.693. The lowest BCUT2D eigenvalue weighted by Gasteiger charge is -2.09. The van der Waals surface area contributed by atoms with Crippen LogP contribution < -0.4 is 0 Å². The van der Waals surface area contributed by atoms with Gasteiger partial charge in [0.15, 0.2) is 0 Å². The molecule has 0 aliphatic rings. The summed E-state index contributed by atoms with van der Waals surface area (Å²) >= 11 is 1.47. The molecule has 17 heavy (non-hydrogen) atoms. The summed E-state index contributed by atoms with van der Waals surface area (Å²) in [5, 5.41) is 29.6. The standard InChI is InChI=1S/C13H14O3S/c14-7-9(15)8-17-13-6-2-3-10-11(13)4-1-5-12(10)16/h1-6,9,14-16H,7-8H2. The normalized spacial score (nSPS) is 12.8. The van der Waals surface area contributed by atoms with Crippen LogP contribution >= 0.6 is 11.8 Å². The molecule has 1 unspecified atom stereocenters. The Kier molecular flexibility index (Phi) is 3.89. The molecule has 0 amide bonds. The largest absolute Gasteiger partial charge is 0.507 e. The fourth-order valence-electron chi connectivity index (χ4n) is 1.63. The summed E-state index contributed by atoms with van der Waals surface area (Å²) in [6.45, 7) is -0.233. The van der Waals surface area contributed by atoms with Crippen LogP contribution in [-0.2, 0) is 0 Å². The van der Waals surface area contributed by atoms with Gasteiger partial charge in [-0.25, -0.2) is 0 Å². The minimum atomic E-state index is -0.715. The summed E-state index contributed by atoms with van der Waals surface area (Å²) in [6, 6.07) is 11.1. The smallest absolute Gasteiger partial charge is 0.123 e. The lowest BCUT2D eigenvalue weighted by molar-refractivity contribution is 0.113. The molecule has 2 rings (SSSR count). The van der Waals surface area contributed by atoms with Crippen molar-refractivity contribution in [3.05, 3.63) is 36.4 Å². The second-order valence-corrected chi connectivity index (χ2v) is 4.84. The maximum atomic E-state index is 9.72. The van der Waals surface area contributed by atoms with Crippen molar-refractivity contribution in [2.45, 2.75) is 11.0 Å². The number of hydrogen-bond acceptors (Lipinski definition) is 4. The van der Waals surface area contributed by atoms with E-state index >= 15 is 0 Å². The Bertz CT molecular complexity index is 513. The highest BCUT2D eigenvalue weighted by atomic mass is 32.2. The van der Waals surface area contributed by atoms with Crippen molar-refractivity contribution in [1.82, 2.24) is 0 Å². The molecule has 0 saturated heterocycles. The van der Waals surface area contributed by atoms with Crippen LogP contribution in [-0.4, -0.2) is 33.8 Å². The molecule has 0 radical (unpaired) electrons. The molecule has 0 aliphatic heterocycles. The Morgan fingerprint density at radius 2 is 1.76 bits per heavy atom. The predicted octanol–water partition coefficient (Wildman–Crippen LogP) is 1.99. The van der Waals surface area contributed by atoms with E-state index < -0.39 is 6.10 Å². The number of benzene rings is 2. The van der Waals surface area contributed by atoms with Gasteiger partial charge in [-0.05, 0) is 17.5 Å². The summed E-state index contributed by atoms with van der Waals surface area (Å²) in [4.78, 5) is 0.992. The second-order valence-electron chi connectivity index (χ2n) is 3.78. The van der Waals surface area contributed by atoms with Gasteiger partial charge in [0.25, 0.3) is 0 Å². The molecule has 2 aromatic rings. The molecule has 1 atom stereocenters. The highest BCUT2D eigenvalue weighted by molar-refractivity contribution is 7.99. The van der Waals surface area contributed by atoms with Gasteiger partial charge in [-0.15, -0.1) is 11.8 Å². The highest BCUT2D eigenvalue weighted by Crippen LogP contribution is 2.32. The number of aliphatic hydroxyl groups is 2. The summed E-state index contributed by atoms with van der Waals surface area (Å²) < 4.78 is 0. The van der Waals surface area contributed by atoms with E-state index in [2.05, 4.69) is 0 Å². The summed E-state index contributed by atoms with van der Waals surface area (Å²) in [5.41, 5.74) is 0. The molecule has 0 bridgehead atoms. The first-order valence-corrected chi connectivity index (χ1v) is 6.33. The zero-order valence-corrected chi connectivity index (χ0v) is 10.0. The second kappa shape index (κ2) is 5.40. The number of phenols is 1. The number of hydrogen-bond donors (Lipinski definition) is 3. The Morgan fingerprint density at radius 3 is 2.53 bits per heavy atom. The van der Waals surface area contributed by atoms with Crippen LogP contribution in [0.15, 0.2) is 41.3 Å². The topological polar surface area (TPSA) is 60.7 Å². The Balaban J connectivity index is 2.31. The number of fused-ring (bicyclic) bond motifs is 1. The van der Waals surface area contributed by atoms with Gasteiger partial charge in [0.05, 0.1) is 12.7 Å². The van der Waals surface area contributed by atoms with Gasteiger partial charge in [0, 0.05) is 16.0 Å². The summed E-state index contributed by atoms with van der Waals surface area (Å²) in [7, 11) is 0. The van der Waals surface area contributed by atoms with Crippen molar-refractivity contribution in [3.63, 3.8) is 0 Å². The maximum Gasteiger partial charge on any atom is 0.123 e. The van der Waals surface area contributed by atoms with Crippen LogP contribution in [0.1, 0.15) is 0 Å². The molecule has 0 spiro atoms. The van der Waals surface area contributed by atoms with E-state index in [0.29, 0.717) is 5.75 Å². The van der Waals surface area contributed by atoms with Crippen LogP contribution in [0.5, 0.6) is 5.75 Å². The van der Waals surface area contributed by atoms with Gasteiger partial charge in [0.2, 0.25) is 0 Å². The first kappa shape index (κ1) is 12.2. The molecule has 90 valence electrons. The molecular weight excluding hydrogens is 236 g/mol. The average molecular weight is 250 g/mol. The molecular formula is C13H14O3S. The fourth-order valence-corrected chi connectivity index (χ4v) is 2.61. The van der Waals surface area contributed by atoms with Gasteiger partial charge in [-0.2, -0.15) is 0 Å². The lowest BCUT2D eigenvalue weighted by atomic mass is 10.1. The third-order valence-corrected chi connectivity index (χ3v) is 3.72. The van der Waals surface area contributed by atoms with Crippen molar-refractivity contribution in [2.24, 2.45) is 0 Å². The number of aliphatic hydroxyl groups excluding tert-OH is 2. The van der Waals surface area contributed by atoms with E-state index in [4.69, 9.17) is 5.11 Å². The third-order valence-electron chi connectivity index (χ3n) is 2.50. The molecule has 0 heterocycles. The summed E-state index contributed by atoms with van der Waals surface area (Å²) in [6.07, 6.45) is -0.715. The lowest BCUT2D eigenvalue weighted by Crippen LogP contribution is -2.14. The minimum absolute atomic E-state index is 0.233. The molecule has 2 aromatic carbocycles. The SMILES string of the molecule is OCC(O)CSc1cccc2c(O)cccc12. The van der Waals surface area contributed by atoms with Gasteiger partial charge in [0.1, 0.15) is 5.75 Å². The molecule has 0 saturated carbocycles. The zero-order valence-electron chi connectivity index (χ0n) is 9.21. The number of rotatable bonds is 4. The van der Waals surface area contributed by atoms with Crippen molar-refractivity contribution in [2.75, 3.05) is 12.4 Å². The van der Waals surface area contributed by atoms with Gasteiger partial charge in [-0.3, -0.25) is 0 Å². The van der Waals surface area contributed by atoms with E-state index in [1.807, 2.05) is 24.3 Å². The van der Waals surface area contributed by atoms with Crippen molar-refractivity contribution in [1.29, 1.82) is 0 Å². The van der Waals surface area contributed by atoms with E-state index in [-0.39, 0.29) is 12.4 Å². The molecule has 4 heteroatoms. The average Bonchev–Trinajstić information content (AvgIpc) is 2.36. The van der Waals surface area contributed by atoms with Crippen LogP contribution in [0.2, 0.25) is 0 Å². The number of aromatic hydroxyl groups is 1. The zero-order chi connectivity index (χ0) is 12.3. The monoisotopic (exact) mass is 250 g/mol. The van der Waals surface area contributed by atoms with E-state index in [1.165, 1.54) is 11.8 Å². The van der Waals surface area contributed by atoms with Crippen LogP contribution in [0.4, 0.5) is 0 Å². The van der Waals surface area contributed by atoms with Gasteiger partial charge < -0.3 is 15.3 Å². The molecule has 3 nitrogen and oxygen atoms in total. The molecule has 0 aliphatic carbocycles. The fraction of sp³-hybridized carbons (Fsp3) is 0.231. The van der Waals surface area contributed by atoms with E-state index in [1.54, 1.807) is 12.1 Å². The maximum absolute atomic E-state index is 9.72. The van der Waals surface area contributed by atoms with Crippen LogP contribution in [0.25, 0.3) is 10.8 Å². The minimum Gasteiger partial charge on any atom is -0.507 e. The van der Waals surface area contributed by atoms with Gasteiger partial charge in [-0.1, -0.05) is 24.3 Å². The molecule has 3 N–H and O–H groups in total. The van der Waals surface area contributed by atoms with Crippen molar-refractivity contribution >= 4 is 22.5 Å². The first-order chi connectivity index (χ1) is 8.22. The van der Waals surface area contributed by atoms with Gasteiger partial charge >= 0.3 is 0 Å². The predicted molar refractivity (Wildman–Crippen MR) is 69.4 cm³/mol. The van der Waals surface area contributed by atoms with Crippen LogP contribution in [0.3, 0.4) is 0 Å². The Labute approximate surface area is 104 Å². The molecule has 0 fully saturated rings. The Hall–Kier alpha value is -1.23. The van der Waals surface area contributed by atoms with Crippen molar-refractivity contribution < 1.29 is 15.3 Å². The molecule has 0 aromatic heterocycles. The third kappa shape index (κ3) is 2.72. The van der Waals surface area contributed by atoms with Crippen molar-refractivity contribution in [3.8, 4) is 5.75 Å². The van der Waals surface area contributed by atoms with E-state index in [0.717, 1.165) is 15.7 Å². The Morgan fingerprint density at radius 1 is 1.06 bits per heavy atom. The first-order valence-electron chi connectivity index (χ1n) is 5.35. The van der Waals surface area contributed by atoms with E-state index in [9.17, 15) is 10.2 Å².